The number of hydrogen-bond donors (Lipinski definition) is 0. The number of carboxylic acids is 1. The second-order valence-corrected chi connectivity index (χ2v) is 5.60. The molecule has 1 unspecified atom stereocenters. The summed E-state index contributed by atoms with van der Waals surface area (Å²) in [5.41, 5.74) is 0.690. The summed E-state index contributed by atoms with van der Waals surface area (Å²) in [4.78, 5) is 10.8. The van der Waals surface area contributed by atoms with E-state index in [1.807, 2.05) is 0 Å². The van der Waals surface area contributed by atoms with Gasteiger partial charge in [-0.25, -0.2) is 8.42 Å². The average Bonchev–Trinajstić information content (AvgIpc) is 2.17. The van der Waals surface area contributed by atoms with E-state index in [4.69, 9.17) is 0 Å². The predicted molar refractivity (Wildman–Crippen MR) is 50.7 cm³/mol. The van der Waals surface area contributed by atoms with Crippen molar-refractivity contribution >= 4 is 15.8 Å². The number of carboxylic acid groups (broad SMARTS) is 1. The molecule has 1 heterocycles. The van der Waals surface area contributed by atoms with Gasteiger partial charge in [-0.1, -0.05) is 18.2 Å². The number of rotatable bonds is 1. The van der Waals surface area contributed by atoms with Crippen LogP contribution in [-0.4, -0.2) is 19.6 Å². The van der Waals surface area contributed by atoms with Crippen molar-refractivity contribution in [3.63, 3.8) is 0 Å². The Kier molecular flexibility index (Phi) is 2.26. The minimum Gasteiger partial charge on any atom is -0.549 e. The van der Waals surface area contributed by atoms with E-state index in [9.17, 15) is 18.3 Å². The molecule has 0 spiro atoms. The van der Waals surface area contributed by atoms with Crippen molar-refractivity contribution in [2.75, 3.05) is 0 Å². The maximum atomic E-state index is 11.8. The van der Waals surface area contributed by atoms with Crippen LogP contribution in [0.3, 0.4) is 0 Å². The highest BCUT2D eigenvalue weighted by atomic mass is 32.2. The molecule has 0 fully saturated rings. The third-order valence-corrected chi connectivity index (χ3v) is 4.78. The third-order valence-electron chi connectivity index (χ3n) is 2.59. The molecule has 0 amide bonds. The summed E-state index contributed by atoms with van der Waals surface area (Å²) in [7, 11) is -3.74. The predicted octanol–water partition coefficient (Wildman–Crippen LogP) is -0.475. The zero-order chi connectivity index (χ0) is 11.1. The summed E-state index contributed by atoms with van der Waals surface area (Å²) in [5.74, 6) is -1.51. The summed E-state index contributed by atoms with van der Waals surface area (Å²) >= 11 is 0. The van der Waals surface area contributed by atoms with Gasteiger partial charge in [-0.3, -0.25) is 0 Å². The van der Waals surface area contributed by atoms with Crippen LogP contribution in [-0.2, 0) is 21.1 Å². The van der Waals surface area contributed by atoms with Gasteiger partial charge in [0.2, 0.25) is 0 Å². The number of aliphatic carboxylic acids is 1. The van der Waals surface area contributed by atoms with Crippen molar-refractivity contribution in [3.8, 4) is 0 Å². The molecule has 2 rings (SSSR count). The topological polar surface area (TPSA) is 74.3 Å². The number of fused-ring (bicyclic) bond motifs is 1. The minimum atomic E-state index is -3.74. The molecule has 1 aromatic carbocycles. The summed E-state index contributed by atoms with van der Waals surface area (Å²) in [5, 5.41) is 9.29. The van der Waals surface area contributed by atoms with Crippen molar-refractivity contribution in [2.24, 2.45) is 0 Å². The van der Waals surface area contributed by atoms with Gasteiger partial charge in [-0.05, 0) is 24.5 Å². The Morgan fingerprint density at radius 3 is 2.67 bits per heavy atom. The number of carbonyl (C=O) groups is 1. The lowest BCUT2D eigenvalue weighted by molar-refractivity contribution is -0.305. The van der Waals surface area contributed by atoms with Crippen molar-refractivity contribution in [3.05, 3.63) is 29.8 Å². The molecule has 0 saturated carbocycles. The molecule has 0 bridgehead atoms. The van der Waals surface area contributed by atoms with E-state index in [1.165, 1.54) is 6.07 Å². The van der Waals surface area contributed by atoms with Gasteiger partial charge in [0.1, 0.15) is 5.25 Å². The van der Waals surface area contributed by atoms with E-state index >= 15 is 0 Å². The van der Waals surface area contributed by atoms with Crippen molar-refractivity contribution < 1.29 is 18.3 Å². The molecule has 5 heteroatoms. The minimum absolute atomic E-state index is 0.0989. The molecule has 80 valence electrons. The number of sulfone groups is 1. The Morgan fingerprint density at radius 1 is 1.33 bits per heavy atom. The number of carbonyl (C=O) groups excluding carboxylic acids is 1. The molecule has 0 N–H and O–H groups in total. The standard InChI is InChI=1S/C10H10O4S/c11-10(12)9-6-5-7-3-1-2-4-8(7)15(9,13)14/h1-4,9H,5-6H2,(H,11,12)/p-1. The SMILES string of the molecule is O=C([O-])C1CCc2ccccc2S1(=O)=O. The highest BCUT2D eigenvalue weighted by Gasteiger charge is 2.34. The van der Waals surface area contributed by atoms with Gasteiger partial charge in [-0.15, -0.1) is 0 Å². The first-order valence-corrected chi connectivity index (χ1v) is 6.11. The summed E-state index contributed by atoms with van der Waals surface area (Å²) in [6, 6.07) is 6.49. The molecular formula is C10H9O4S-. The summed E-state index contributed by atoms with van der Waals surface area (Å²) in [6.45, 7) is 0. The van der Waals surface area contributed by atoms with E-state index in [2.05, 4.69) is 0 Å². The fraction of sp³-hybridized carbons (Fsp3) is 0.300. The van der Waals surface area contributed by atoms with Gasteiger partial charge in [0.15, 0.2) is 9.84 Å². The summed E-state index contributed by atoms with van der Waals surface area (Å²) in [6.07, 6.45) is 0.565. The normalized spacial score (nSPS) is 23.1. The Morgan fingerprint density at radius 2 is 2.00 bits per heavy atom. The van der Waals surface area contributed by atoms with Crippen LogP contribution in [0.15, 0.2) is 29.2 Å². The van der Waals surface area contributed by atoms with Gasteiger partial charge >= 0.3 is 0 Å². The van der Waals surface area contributed by atoms with Crippen molar-refractivity contribution in [1.82, 2.24) is 0 Å². The van der Waals surface area contributed by atoms with E-state index in [0.29, 0.717) is 12.0 Å². The smallest absolute Gasteiger partial charge is 0.186 e. The second kappa shape index (κ2) is 3.34. The molecular weight excluding hydrogens is 216 g/mol. The Hall–Kier alpha value is -1.36. The Labute approximate surface area is 87.5 Å². The van der Waals surface area contributed by atoms with E-state index in [1.54, 1.807) is 18.2 Å². The quantitative estimate of drug-likeness (QED) is 0.647. The lowest BCUT2D eigenvalue weighted by Gasteiger charge is -2.25. The molecule has 0 aliphatic carbocycles. The van der Waals surface area contributed by atoms with Gasteiger partial charge < -0.3 is 9.90 Å². The molecule has 0 saturated heterocycles. The van der Waals surface area contributed by atoms with Crippen LogP contribution >= 0.6 is 0 Å². The van der Waals surface area contributed by atoms with Crippen LogP contribution in [0.1, 0.15) is 12.0 Å². The molecule has 1 aromatic rings. The van der Waals surface area contributed by atoms with Crippen LogP contribution in [0.2, 0.25) is 0 Å². The fourth-order valence-electron chi connectivity index (χ4n) is 1.83. The lowest BCUT2D eigenvalue weighted by Crippen LogP contribution is -2.43. The second-order valence-electron chi connectivity index (χ2n) is 3.50. The monoisotopic (exact) mass is 225 g/mol. The first-order chi connectivity index (χ1) is 7.03. The van der Waals surface area contributed by atoms with Crippen LogP contribution in [0.4, 0.5) is 0 Å². The van der Waals surface area contributed by atoms with E-state index < -0.39 is 21.1 Å². The van der Waals surface area contributed by atoms with Gasteiger partial charge in [0.25, 0.3) is 0 Å². The van der Waals surface area contributed by atoms with E-state index in [0.717, 1.165) is 0 Å². The molecule has 15 heavy (non-hydrogen) atoms. The van der Waals surface area contributed by atoms with Crippen LogP contribution in [0.25, 0.3) is 0 Å². The number of hydrogen-bond acceptors (Lipinski definition) is 4. The largest absolute Gasteiger partial charge is 0.549 e. The molecule has 0 radical (unpaired) electrons. The average molecular weight is 225 g/mol. The maximum Gasteiger partial charge on any atom is 0.186 e. The lowest BCUT2D eigenvalue weighted by atomic mass is 10.1. The molecule has 4 nitrogen and oxygen atoms in total. The van der Waals surface area contributed by atoms with Crippen molar-refractivity contribution in [2.45, 2.75) is 23.0 Å². The Bertz CT molecular complexity index is 504. The Balaban J connectivity index is 2.60. The first kappa shape index (κ1) is 10.2. The van der Waals surface area contributed by atoms with Crippen LogP contribution in [0.5, 0.6) is 0 Å². The molecule has 0 aromatic heterocycles. The highest BCUT2D eigenvalue weighted by Crippen LogP contribution is 2.29. The maximum absolute atomic E-state index is 11.8. The number of benzene rings is 1. The van der Waals surface area contributed by atoms with Gasteiger partial charge in [0.05, 0.1) is 10.9 Å². The summed E-state index contributed by atoms with van der Waals surface area (Å²) < 4.78 is 23.6. The molecule has 1 aliphatic heterocycles. The zero-order valence-corrected chi connectivity index (χ0v) is 8.66. The third kappa shape index (κ3) is 1.52. The number of aryl methyl sites for hydroxylation is 1. The molecule has 1 atom stereocenters. The van der Waals surface area contributed by atoms with Crippen LogP contribution < -0.4 is 5.11 Å². The van der Waals surface area contributed by atoms with Gasteiger partial charge in [-0.2, -0.15) is 0 Å². The van der Waals surface area contributed by atoms with E-state index in [-0.39, 0.29) is 11.3 Å². The van der Waals surface area contributed by atoms with Gasteiger partial charge in [0, 0.05) is 0 Å². The molecule has 1 aliphatic rings. The first-order valence-electron chi connectivity index (χ1n) is 4.56. The fourth-order valence-corrected chi connectivity index (χ4v) is 3.62. The van der Waals surface area contributed by atoms with Crippen LogP contribution in [0, 0.1) is 0 Å². The van der Waals surface area contributed by atoms with Crippen molar-refractivity contribution in [1.29, 1.82) is 0 Å². The highest BCUT2D eigenvalue weighted by molar-refractivity contribution is 7.92. The zero-order valence-electron chi connectivity index (χ0n) is 7.84.